The normalized spacial score (nSPS) is 10.0. The molecular formula is C8H11ClN2O. The van der Waals surface area contributed by atoms with Gasteiger partial charge in [0.05, 0.1) is 18.6 Å². The number of aryl methyl sites for hydroxylation is 2. The first-order valence-corrected chi connectivity index (χ1v) is 4.16. The van der Waals surface area contributed by atoms with E-state index in [0.717, 1.165) is 11.3 Å². The number of aromatic nitrogens is 2. The Morgan fingerprint density at radius 2 is 2.00 bits per heavy atom. The second-order valence-corrected chi connectivity index (χ2v) is 2.74. The van der Waals surface area contributed by atoms with E-state index in [0.29, 0.717) is 17.6 Å². The van der Waals surface area contributed by atoms with Gasteiger partial charge in [-0.1, -0.05) is 0 Å². The van der Waals surface area contributed by atoms with Crippen molar-refractivity contribution in [3.05, 3.63) is 17.1 Å². The summed E-state index contributed by atoms with van der Waals surface area (Å²) in [4.78, 5) is 8.28. The Morgan fingerprint density at radius 1 is 1.33 bits per heavy atom. The van der Waals surface area contributed by atoms with Gasteiger partial charge in [-0.25, -0.2) is 4.98 Å². The van der Waals surface area contributed by atoms with Gasteiger partial charge in [0, 0.05) is 5.69 Å². The molecular weight excluding hydrogens is 176 g/mol. The molecule has 1 aromatic heterocycles. The summed E-state index contributed by atoms with van der Waals surface area (Å²) in [6.07, 6.45) is 0. The zero-order valence-corrected chi connectivity index (χ0v) is 8.14. The molecule has 1 heterocycles. The van der Waals surface area contributed by atoms with Gasteiger partial charge in [0.25, 0.3) is 0 Å². The Bertz CT molecular complexity index is 289. The minimum absolute atomic E-state index is 0.384. The SMILES string of the molecule is COc1nc(C)nc(C)c1CCl. The van der Waals surface area contributed by atoms with Gasteiger partial charge in [0.2, 0.25) is 5.88 Å². The molecule has 0 spiro atoms. The highest BCUT2D eigenvalue weighted by Gasteiger charge is 2.08. The van der Waals surface area contributed by atoms with Crippen LogP contribution in [0.5, 0.6) is 5.88 Å². The van der Waals surface area contributed by atoms with Crippen LogP contribution in [0.4, 0.5) is 0 Å². The van der Waals surface area contributed by atoms with Crippen molar-refractivity contribution in [3.63, 3.8) is 0 Å². The van der Waals surface area contributed by atoms with Crippen LogP contribution in [0.1, 0.15) is 17.1 Å². The second-order valence-electron chi connectivity index (χ2n) is 2.48. The summed E-state index contributed by atoms with van der Waals surface area (Å²) in [7, 11) is 1.58. The zero-order valence-electron chi connectivity index (χ0n) is 7.39. The largest absolute Gasteiger partial charge is 0.481 e. The summed E-state index contributed by atoms with van der Waals surface area (Å²) in [6.45, 7) is 3.72. The lowest BCUT2D eigenvalue weighted by Crippen LogP contribution is -2.01. The Kier molecular flexibility index (Phi) is 2.87. The van der Waals surface area contributed by atoms with Crippen molar-refractivity contribution >= 4 is 11.6 Å². The third kappa shape index (κ3) is 1.67. The molecule has 4 heteroatoms. The van der Waals surface area contributed by atoms with E-state index in [2.05, 4.69) is 9.97 Å². The minimum atomic E-state index is 0.384. The van der Waals surface area contributed by atoms with Crippen LogP contribution in [0.2, 0.25) is 0 Å². The Hall–Kier alpha value is -0.830. The highest BCUT2D eigenvalue weighted by atomic mass is 35.5. The van der Waals surface area contributed by atoms with E-state index in [1.807, 2.05) is 13.8 Å². The minimum Gasteiger partial charge on any atom is -0.481 e. The molecule has 12 heavy (non-hydrogen) atoms. The topological polar surface area (TPSA) is 35.0 Å². The summed E-state index contributed by atoms with van der Waals surface area (Å²) >= 11 is 5.71. The van der Waals surface area contributed by atoms with Crippen molar-refractivity contribution in [1.82, 2.24) is 9.97 Å². The molecule has 0 bridgehead atoms. The van der Waals surface area contributed by atoms with E-state index in [1.54, 1.807) is 7.11 Å². The number of hydrogen-bond acceptors (Lipinski definition) is 3. The zero-order chi connectivity index (χ0) is 9.14. The first kappa shape index (κ1) is 9.26. The molecule has 0 radical (unpaired) electrons. The van der Waals surface area contributed by atoms with E-state index in [4.69, 9.17) is 16.3 Å². The number of nitrogens with zero attached hydrogens (tertiary/aromatic N) is 2. The average Bonchev–Trinajstić information content (AvgIpc) is 2.03. The molecule has 66 valence electrons. The molecule has 0 amide bonds. The number of halogens is 1. The van der Waals surface area contributed by atoms with Crippen LogP contribution >= 0.6 is 11.6 Å². The van der Waals surface area contributed by atoms with E-state index < -0.39 is 0 Å². The number of hydrogen-bond donors (Lipinski definition) is 0. The molecule has 0 atom stereocenters. The van der Waals surface area contributed by atoms with E-state index in [-0.39, 0.29) is 0 Å². The van der Waals surface area contributed by atoms with Gasteiger partial charge in [0.1, 0.15) is 5.82 Å². The molecule has 1 aromatic rings. The summed E-state index contributed by atoms with van der Waals surface area (Å²) in [5, 5.41) is 0. The first-order valence-electron chi connectivity index (χ1n) is 3.63. The van der Waals surface area contributed by atoms with Gasteiger partial charge >= 0.3 is 0 Å². The molecule has 0 saturated heterocycles. The van der Waals surface area contributed by atoms with Gasteiger partial charge in [-0.15, -0.1) is 11.6 Å². The number of ether oxygens (including phenoxy) is 1. The lowest BCUT2D eigenvalue weighted by atomic mass is 10.2. The van der Waals surface area contributed by atoms with Crippen molar-refractivity contribution in [2.24, 2.45) is 0 Å². The summed E-state index contributed by atoms with van der Waals surface area (Å²) in [5.74, 6) is 1.67. The van der Waals surface area contributed by atoms with Gasteiger partial charge in [-0.05, 0) is 13.8 Å². The van der Waals surface area contributed by atoms with Crippen molar-refractivity contribution in [1.29, 1.82) is 0 Å². The molecule has 3 nitrogen and oxygen atoms in total. The van der Waals surface area contributed by atoms with Gasteiger partial charge in [-0.2, -0.15) is 4.98 Å². The van der Waals surface area contributed by atoms with Crippen molar-refractivity contribution in [2.75, 3.05) is 7.11 Å². The maximum absolute atomic E-state index is 5.71. The highest BCUT2D eigenvalue weighted by molar-refractivity contribution is 6.17. The molecule has 0 unspecified atom stereocenters. The predicted molar refractivity (Wildman–Crippen MR) is 47.6 cm³/mol. The third-order valence-electron chi connectivity index (χ3n) is 1.61. The number of alkyl halides is 1. The van der Waals surface area contributed by atoms with Gasteiger partial charge in [0.15, 0.2) is 0 Å². The highest BCUT2D eigenvalue weighted by Crippen LogP contribution is 2.19. The van der Waals surface area contributed by atoms with Crippen LogP contribution in [0.15, 0.2) is 0 Å². The molecule has 0 N–H and O–H groups in total. The number of rotatable bonds is 2. The number of methoxy groups -OCH3 is 1. The van der Waals surface area contributed by atoms with Crippen molar-refractivity contribution in [2.45, 2.75) is 19.7 Å². The van der Waals surface area contributed by atoms with Crippen LogP contribution in [-0.4, -0.2) is 17.1 Å². The van der Waals surface area contributed by atoms with E-state index >= 15 is 0 Å². The molecule has 0 saturated carbocycles. The lowest BCUT2D eigenvalue weighted by Gasteiger charge is -2.07. The van der Waals surface area contributed by atoms with Crippen molar-refractivity contribution in [3.8, 4) is 5.88 Å². The fourth-order valence-corrected chi connectivity index (χ4v) is 1.33. The second kappa shape index (κ2) is 3.72. The smallest absolute Gasteiger partial charge is 0.221 e. The Labute approximate surface area is 76.7 Å². The third-order valence-corrected chi connectivity index (χ3v) is 1.88. The lowest BCUT2D eigenvalue weighted by molar-refractivity contribution is 0.391. The van der Waals surface area contributed by atoms with E-state index in [1.165, 1.54) is 0 Å². The predicted octanol–water partition coefficient (Wildman–Crippen LogP) is 1.84. The van der Waals surface area contributed by atoms with Crippen LogP contribution < -0.4 is 4.74 Å². The molecule has 0 fully saturated rings. The quantitative estimate of drug-likeness (QED) is 0.662. The maximum atomic E-state index is 5.71. The average molecular weight is 187 g/mol. The standard InChI is InChI=1S/C8H11ClN2O/c1-5-7(4-9)8(12-3)11-6(2)10-5/h4H2,1-3H3. The van der Waals surface area contributed by atoms with Gasteiger partial charge in [-0.3, -0.25) is 0 Å². The monoisotopic (exact) mass is 186 g/mol. The first-order chi connectivity index (χ1) is 5.69. The van der Waals surface area contributed by atoms with E-state index in [9.17, 15) is 0 Å². The fourth-order valence-electron chi connectivity index (χ4n) is 1.03. The molecule has 0 aliphatic carbocycles. The Balaban J connectivity index is 3.24. The summed E-state index contributed by atoms with van der Waals surface area (Å²) in [5.41, 5.74) is 1.75. The maximum Gasteiger partial charge on any atom is 0.221 e. The molecule has 1 rings (SSSR count). The van der Waals surface area contributed by atoms with Crippen LogP contribution in [-0.2, 0) is 5.88 Å². The molecule has 0 aromatic carbocycles. The Morgan fingerprint density at radius 3 is 2.50 bits per heavy atom. The van der Waals surface area contributed by atoms with Crippen molar-refractivity contribution < 1.29 is 4.74 Å². The fraction of sp³-hybridized carbons (Fsp3) is 0.500. The molecule has 0 aliphatic rings. The summed E-state index contributed by atoms with van der Waals surface area (Å²) < 4.78 is 5.06. The van der Waals surface area contributed by atoms with Gasteiger partial charge < -0.3 is 4.74 Å². The van der Waals surface area contributed by atoms with Crippen LogP contribution in [0, 0.1) is 13.8 Å². The van der Waals surface area contributed by atoms with Crippen LogP contribution in [0.3, 0.4) is 0 Å². The van der Waals surface area contributed by atoms with Crippen LogP contribution in [0.25, 0.3) is 0 Å². The summed E-state index contributed by atoms with van der Waals surface area (Å²) in [6, 6.07) is 0. The molecule has 0 aliphatic heterocycles.